The molecule has 0 rings (SSSR count). The highest BCUT2D eigenvalue weighted by Crippen LogP contribution is 2.22. The molecule has 0 heteroatoms. The third-order valence-electron chi connectivity index (χ3n) is 4.55. The molecule has 0 heterocycles. The molecule has 0 aliphatic heterocycles. The smallest absolute Gasteiger partial charge is 0.0348 e. The Morgan fingerprint density at radius 2 is 0.864 bits per heavy atom. The van der Waals surface area contributed by atoms with Crippen LogP contribution in [0.5, 0.6) is 0 Å². The van der Waals surface area contributed by atoms with Crippen molar-refractivity contribution >= 4 is 0 Å². The molecule has 0 aromatic heterocycles. The van der Waals surface area contributed by atoms with E-state index in [1.807, 2.05) is 0 Å². The Morgan fingerprint density at radius 1 is 0.545 bits per heavy atom. The topological polar surface area (TPSA) is 0 Å². The molecular formula is C22H43. The first kappa shape index (κ1) is 21.7. The summed E-state index contributed by atoms with van der Waals surface area (Å²) in [6, 6.07) is 0. The van der Waals surface area contributed by atoms with E-state index in [2.05, 4.69) is 20.8 Å². The highest BCUT2D eigenvalue weighted by atomic mass is 14.1. The molecule has 22 heavy (non-hydrogen) atoms. The van der Waals surface area contributed by atoms with E-state index in [9.17, 15) is 0 Å². The van der Waals surface area contributed by atoms with Crippen LogP contribution in [-0.2, 0) is 0 Å². The summed E-state index contributed by atoms with van der Waals surface area (Å²) in [7, 11) is 0. The fourth-order valence-corrected chi connectivity index (χ4v) is 3.04. The van der Waals surface area contributed by atoms with Crippen molar-refractivity contribution in [3.05, 3.63) is 12.7 Å². The summed E-state index contributed by atoms with van der Waals surface area (Å²) in [5.41, 5.74) is 0.531. The second kappa shape index (κ2) is 15.6. The zero-order valence-electron chi connectivity index (χ0n) is 16.0. The van der Waals surface area contributed by atoms with Crippen LogP contribution in [0.15, 0.2) is 6.08 Å². The number of hydrogen-bond acceptors (Lipinski definition) is 0. The molecule has 0 aliphatic rings. The van der Waals surface area contributed by atoms with E-state index >= 15 is 0 Å². The molecule has 0 N–H and O–H groups in total. The minimum atomic E-state index is 0.531. The van der Waals surface area contributed by atoms with Crippen LogP contribution in [-0.4, -0.2) is 0 Å². The van der Waals surface area contributed by atoms with E-state index in [4.69, 9.17) is 6.58 Å². The second-order valence-electron chi connectivity index (χ2n) is 8.28. The molecule has 0 saturated carbocycles. The molecule has 1 radical (unpaired) electrons. The summed E-state index contributed by atoms with van der Waals surface area (Å²) in [6.07, 6.45) is 24.3. The van der Waals surface area contributed by atoms with Crippen LogP contribution < -0.4 is 0 Å². The summed E-state index contributed by atoms with van der Waals surface area (Å²) >= 11 is 0. The predicted octanol–water partition coefficient (Wildman–Crippen LogP) is 8.26. The molecule has 131 valence electrons. The molecule has 0 aliphatic carbocycles. The monoisotopic (exact) mass is 307 g/mol. The number of hydrogen-bond donors (Lipinski definition) is 0. The van der Waals surface area contributed by atoms with Crippen molar-refractivity contribution in [3.63, 3.8) is 0 Å². The third-order valence-corrected chi connectivity index (χ3v) is 4.55. The molecule has 0 aromatic rings. The Labute approximate surface area is 142 Å². The van der Waals surface area contributed by atoms with Gasteiger partial charge in [-0.3, -0.25) is 0 Å². The van der Waals surface area contributed by atoms with Crippen LogP contribution >= 0.6 is 0 Å². The molecule has 0 spiro atoms. The summed E-state index contributed by atoms with van der Waals surface area (Å²) in [5, 5.41) is 0. The normalized spacial score (nSPS) is 11.8. The molecule has 0 atom stereocenters. The van der Waals surface area contributed by atoms with Crippen LogP contribution in [0.4, 0.5) is 0 Å². The van der Waals surface area contributed by atoms with E-state index in [1.54, 1.807) is 6.08 Å². The second-order valence-corrected chi connectivity index (χ2v) is 8.28. The maximum absolute atomic E-state index is 5.37. The fourth-order valence-electron chi connectivity index (χ4n) is 3.04. The van der Waals surface area contributed by atoms with E-state index in [0.717, 1.165) is 6.42 Å². The van der Waals surface area contributed by atoms with Gasteiger partial charge in [-0.05, 0) is 24.7 Å². The van der Waals surface area contributed by atoms with Crippen LogP contribution in [0.3, 0.4) is 0 Å². The van der Waals surface area contributed by atoms with Gasteiger partial charge in [0.15, 0.2) is 0 Å². The van der Waals surface area contributed by atoms with Gasteiger partial charge in [0.05, 0.1) is 0 Å². The number of allylic oxidation sites excluding steroid dienone is 1. The van der Waals surface area contributed by atoms with Crippen molar-refractivity contribution in [1.29, 1.82) is 0 Å². The van der Waals surface area contributed by atoms with Crippen LogP contribution in [0, 0.1) is 12.0 Å². The molecule has 0 fully saturated rings. The molecule has 0 saturated heterocycles. The van der Waals surface area contributed by atoms with Crippen LogP contribution in [0.1, 0.15) is 124 Å². The van der Waals surface area contributed by atoms with Gasteiger partial charge in [0.2, 0.25) is 0 Å². The van der Waals surface area contributed by atoms with Gasteiger partial charge < -0.3 is 0 Å². The van der Waals surface area contributed by atoms with Gasteiger partial charge in [0.25, 0.3) is 0 Å². The Kier molecular flexibility index (Phi) is 15.4. The quantitative estimate of drug-likeness (QED) is 0.252. The highest BCUT2D eigenvalue weighted by Gasteiger charge is 2.08. The fraction of sp³-hybridized carbons (Fsp3) is 0.909. The summed E-state index contributed by atoms with van der Waals surface area (Å²) in [5.74, 6) is 0. The lowest BCUT2D eigenvalue weighted by atomic mass is 9.89. The van der Waals surface area contributed by atoms with Gasteiger partial charge in [0, 0.05) is 0 Å². The first-order chi connectivity index (χ1) is 10.6. The largest absolute Gasteiger partial charge is 0.0845 e. The van der Waals surface area contributed by atoms with Gasteiger partial charge in [-0.25, -0.2) is 0 Å². The Balaban J connectivity index is 3.01. The molecule has 0 bridgehead atoms. The lowest BCUT2D eigenvalue weighted by Gasteiger charge is -2.17. The van der Waals surface area contributed by atoms with Crippen molar-refractivity contribution in [1.82, 2.24) is 0 Å². The zero-order valence-corrected chi connectivity index (χ0v) is 16.0. The van der Waals surface area contributed by atoms with Gasteiger partial charge in [-0.1, -0.05) is 117 Å². The van der Waals surface area contributed by atoms with Crippen LogP contribution in [0.2, 0.25) is 0 Å². The van der Waals surface area contributed by atoms with E-state index in [0.29, 0.717) is 5.41 Å². The van der Waals surface area contributed by atoms with Crippen molar-refractivity contribution in [2.24, 2.45) is 5.41 Å². The Morgan fingerprint density at radius 3 is 1.18 bits per heavy atom. The van der Waals surface area contributed by atoms with Gasteiger partial charge in [-0.15, -0.1) is 0 Å². The highest BCUT2D eigenvalue weighted by molar-refractivity contribution is 4.62. The maximum atomic E-state index is 5.37. The van der Waals surface area contributed by atoms with Gasteiger partial charge >= 0.3 is 0 Å². The molecule has 0 nitrogen and oxygen atoms in total. The first-order valence-electron chi connectivity index (χ1n) is 10.1. The number of rotatable bonds is 16. The van der Waals surface area contributed by atoms with Gasteiger partial charge in [0.1, 0.15) is 0 Å². The summed E-state index contributed by atoms with van der Waals surface area (Å²) in [4.78, 5) is 0. The van der Waals surface area contributed by atoms with E-state index < -0.39 is 0 Å². The van der Waals surface area contributed by atoms with Crippen molar-refractivity contribution in [2.45, 2.75) is 124 Å². The van der Waals surface area contributed by atoms with E-state index in [1.165, 1.54) is 96.3 Å². The van der Waals surface area contributed by atoms with Gasteiger partial charge in [-0.2, -0.15) is 0 Å². The average molecular weight is 308 g/mol. The maximum Gasteiger partial charge on any atom is -0.0348 e. The zero-order chi connectivity index (χ0) is 16.5. The lowest BCUT2D eigenvalue weighted by molar-refractivity contribution is 0.356. The van der Waals surface area contributed by atoms with Crippen molar-refractivity contribution in [2.75, 3.05) is 0 Å². The third kappa shape index (κ3) is 19.7. The summed E-state index contributed by atoms with van der Waals surface area (Å²) in [6.45, 7) is 12.4. The first-order valence-corrected chi connectivity index (χ1v) is 10.1. The minimum absolute atomic E-state index is 0.531. The summed E-state index contributed by atoms with van der Waals surface area (Å²) < 4.78 is 0. The SMILES string of the molecule is [CH]=CCCCCCCCCCCCCCCCCC(C)(C)C. The lowest BCUT2D eigenvalue weighted by Crippen LogP contribution is -2.03. The average Bonchev–Trinajstić information content (AvgIpc) is 2.45. The Bertz CT molecular complexity index is 221. The standard InChI is InChI=1S/C22H43/c1-5-6-7-8-9-10-11-12-13-14-15-16-17-18-19-20-21-22(2,3)4/h1,5H,6-21H2,2-4H3. The Hall–Kier alpha value is -0.260. The predicted molar refractivity (Wildman–Crippen MR) is 102 cm³/mol. The number of unbranched alkanes of at least 4 members (excludes halogenated alkanes) is 14. The van der Waals surface area contributed by atoms with Crippen LogP contribution in [0.25, 0.3) is 0 Å². The van der Waals surface area contributed by atoms with Crippen molar-refractivity contribution < 1.29 is 0 Å². The van der Waals surface area contributed by atoms with Crippen molar-refractivity contribution in [3.8, 4) is 0 Å². The molecule has 0 aromatic carbocycles. The molecule has 0 unspecified atom stereocenters. The molecular weight excluding hydrogens is 264 g/mol. The van der Waals surface area contributed by atoms with E-state index in [-0.39, 0.29) is 0 Å². The molecule has 0 amide bonds. The minimum Gasteiger partial charge on any atom is -0.0845 e.